The maximum absolute atomic E-state index is 8.98. The van der Waals surface area contributed by atoms with Crippen LogP contribution in [0, 0.1) is 11.3 Å². The molecule has 0 atom stereocenters. The van der Waals surface area contributed by atoms with E-state index in [1.165, 1.54) is 12.4 Å². The molecule has 7 nitrogen and oxygen atoms in total. The number of ether oxygens (including phenoxy) is 2. The van der Waals surface area contributed by atoms with Crippen molar-refractivity contribution in [1.29, 1.82) is 5.26 Å². The van der Waals surface area contributed by atoms with Gasteiger partial charge in [-0.3, -0.25) is 0 Å². The van der Waals surface area contributed by atoms with Crippen LogP contribution < -0.4 is 20.1 Å². The molecule has 0 saturated carbocycles. The highest BCUT2D eigenvalue weighted by Gasteiger charge is 2.07. The Kier molecular flexibility index (Phi) is 6.28. The second kappa shape index (κ2) is 8.64. The van der Waals surface area contributed by atoms with Gasteiger partial charge in [0.2, 0.25) is 0 Å². The van der Waals surface area contributed by atoms with E-state index in [1.807, 2.05) is 24.3 Å². The fourth-order valence-electron chi connectivity index (χ4n) is 2.03. The number of hydrogen-bond donors (Lipinski definition) is 2. The molecule has 0 unspecified atom stereocenters. The molecule has 0 aliphatic carbocycles. The Hall–Kier alpha value is -2.92. The lowest BCUT2D eigenvalue weighted by atomic mass is 10.1. The van der Waals surface area contributed by atoms with Crippen molar-refractivity contribution < 1.29 is 9.47 Å². The van der Waals surface area contributed by atoms with E-state index in [1.54, 1.807) is 14.2 Å². The SMILES string of the molecule is COc1ccc(CCNC(=S)Nc2nccnc2C#N)c(OC)c1. The van der Waals surface area contributed by atoms with Gasteiger partial charge in [0.1, 0.15) is 17.6 Å². The first-order valence-electron chi connectivity index (χ1n) is 7.14. The molecule has 0 radical (unpaired) electrons. The van der Waals surface area contributed by atoms with E-state index in [9.17, 15) is 0 Å². The number of nitrogens with zero attached hydrogens (tertiary/aromatic N) is 3. The molecule has 1 heterocycles. The Bertz CT molecular complexity index is 760. The van der Waals surface area contributed by atoms with Gasteiger partial charge in [0, 0.05) is 25.0 Å². The largest absolute Gasteiger partial charge is 0.497 e. The van der Waals surface area contributed by atoms with Crippen LogP contribution in [0.15, 0.2) is 30.6 Å². The summed E-state index contributed by atoms with van der Waals surface area (Å²) in [5.41, 5.74) is 1.23. The average Bonchev–Trinajstić information content (AvgIpc) is 2.62. The highest BCUT2D eigenvalue weighted by Crippen LogP contribution is 2.24. The molecule has 0 amide bonds. The van der Waals surface area contributed by atoms with Gasteiger partial charge >= 0.3 is 0 Å². The maximum atomic E-state index is 8.98. The third-order valence-corrected chi connectivity index (χ3v) is 3.46. The van der Waals surface area contributed by atoms with Crippen LogP contribution in [0.2, 0.25) is 0 Å². The van der Waals surface area contributed by atoms with Crippen LogP contribution >= 0.6 is 12.2 Å². The Morgan fingerprint density at radius 2 is 2.04 bits per heavy atom. The first-order chi connectivity index (χ1) is 11.7. The Labute approximate surface area is 145 Å². The average molecular weight is 343 g/mol. The zero-order chi connectivity index (χ0) is 17.4. The Balaban J connectivity index is 1.90. The van der Waals surface area contributed by atoms with Crippen molar-refractivity contribution in [1.82, 2.24) is 15.3 Å². The molecule has 0 saturated heterocycles. The number of nitrogens with one attached hydrogen (secondary N) is 2. The molecular formula is C16H17N5O2S. The molecule has 0 bridgehead atoms. The number of hydrogen-bond acceptors (Lipinski definition) is 6. The summed E-state index contributed by atoms with van der Waals surface area (Å²) in [5, 5.41) is 15.3. The van der Waals surface area contributed by atoms with Gasteiger partial charge < -0.3 is 20.1 Å². The fourth-order valence-corrected chi connectivity index (χ4v) is 2.23. The number of nitriles is 1. The van der Waals surface area contributed by atoms with E-state index in [0.29, 0.717) is 23.9 Å². The summed E-state index contributed by atoms with van der Waals surface area (Å²) in [6, 6.07) is 7.63. The third kappa shape index (κ3) is 4.54. The summed E-state index contributed by atoms with van der Waals surface area (Å²) in [6.45, 7) is 0.594. The van der Waals surface area contributed by atoms with Crippen LogP contribution in [-0.2, 0) is 6.42 Å². The van der Waals surface area contributed by atoms with Gasteiger partial charge in [-0.2, -0.15) is 5.26 Å². The van der Waals surface area contributed by atoms with Crippen LogP contribution in [0.4, 0.5) is 5.82 Å². The molecule has 0 aliphatic rings. The summed E-state index contributed by atoms with van der Waals surface area (Å²) in [5.74, 6) is 1.84. The second-order valence-electron chi connectivity index (χ2n) is 4.67. The van der Waals surface area contributed by atoms with Gasteiger partial charge in [0.15, 0.2) is 16.6 Å². The Morgan fingerprint density at radius 1 is 1.25 bits per heavy atom. The van der Waals surface area contributed by atoms with Crippen molar-refractivity contribution in [3.63, 3.8) is 0 Å². The Morgan fingerprint density at radius 3 is 2.75 bits per heavy atom. The molecule has 2 N–H and O–H groups in total. The minimum Gasteiger partial charge on any atom is -0.497 e. The summed E-state index contributed by atoms with van der Waals surface area (Å²) in [4.78, 5) is 7.96. The number of methoxy groups -OCH3 is 2. The van der Waals surface area contributed by atoms with Crippen LogP contribution in [0.25, 0.3) is 0 Å². The fraction of sp³-hybridized carbons (Fsp3) is 0.250. The van der Waals surface area contributed by atoms with Crippen molar-refractivity contribution >= 4 is 23.1 Å². The lowest BCUT2D eigenvalue weighted by Crippen LogP contribution is -2.31. The second-order valence-corrected chi connectivity index (χ2v) is 5.08. The van der Waals surface area contributed by atoms with E-state index in [-0.39, 0.29) is 5.69 Å². The first kappa shape index (κ1) is 17.4. The van der Waals surface area contributed by atoms with E-state index in [4.69, 9.17) is 27.0 Å². The number of anilines is 1. The van der Waals surface area contributed by atoms with Crippen LogP contribution in [0.3, 0.4) is 0 Å². The number of rotatable bonds is 6. The van der Waals surface area contributed by atoms with Gasteiger partial charge in [-0.1, -0.05) is 6.07 Å². The standard InChI is InChI=1S/C16H17N5O2S/c1-22-12-4-3-11(14(9-12)23-2)5-6-20-16(24)21-15-13(10-17)18-7-8-19-15/h3-4,7-9H,5-6H2,1-2H3,(H2,19,20,21,24). The van der Waals surface area contributed by atoms with E-state index >= 15 is 0 Å². The summed E-state index contributed by atoms with van der Waals surface area (Å²) in [7, 11) is 3.23. The van der Waals surface area contributed by atoms with Crippen molar-refractivity contribution in [2.45, 2.75) is 6.42 Å². The summed E-state index contributed by atoms with van der Waals surface area (Å²) >= 11 is 5.21. The number of thiocarbonyl (C=S) groups is 1. The van der Waals surface area contributed by atoms with E-state index in [0.717, 1.165) is 17.1 Å². The molecule has 2 aromatic rings. The molecule has 0 fully saturated rings. The summed E-state index contributed by atoms with van der Waals surface area (Å²) < 4.78 is 10.5. The van der Waals surface area contributed by atoms with Crippen molar-refractivity contribution in [2.75, 3.05) is 26.1 Å². The molecule has 0 aliphatic heterocycles. The molecule has 1 aromatic carbocycles. The van der Waals surface area contributed by atoms with Crippen LogP contribution in [-0.4, -0.2) is 35.8 Å². The normalized spacial score (nSPS) is 9.71. The molecule has 124 valence electrons. The van der Waals surface area contributed by atoms with Crippen LogP contribution in [0.1, 0.15) is 11.3 Å². The van der Waals surface area contributed by atoms with E-state index in [2.05, 4.69) is 20.6 Å². The monoisotopic (exact) mass is 343 g/mol. The predicted molar refractivity (Wildman–Crippen MR) is 94.2 cm³/mol. The molecule has 1 aromatic heterocycles. The number of benzene rings is 1. The van der Waals surface area contributed by atoms with Gasteiger partial charge in [0.25, 0.3) is 0 Å². The third-order valence-electron chi connectivity index (χ3n) is 3.21. The van der Waals surface area contributed by atoms with Gasteiger partial charge in [-0.25, -0.2) is 9.97 Å². The molecule has 2 rings (SSSR count). The molecule has 0 spiro atoms. The highest BCUT2D eigenvalue weighted by atomic mass is 32.1. The van der Waals surface area contributed by atoms with Crippen LogP contribution in [0.5, 0.6) is 11.5 Å². The lowest BCUT2D eigenvalue weighted by molar-refractivity contribution is 0.391. The molecular weight excluding hydrogens is 326 g/mol. The predicted octanol–water partition coefficient (Wildman–Crippen LogP) is 1.89. The molecule has 24 heavy (non-hydrogen) atoms. The topological polar surface area (TPSA) is 92.1 Å². The van der Waals surface area contributed by atoms with E-state index < -0.39 is 0 Å². The first-order valence-corrected chi connectivity index (χ1v) is 7.55. The summed E-state index contributed by atoms with van der Waals surface area (Å²) in [6.07, 6.45) is 3.66. The number of aromatic nitrogens is 2. The quantitative estimate of drug-likeness (QED) is 0.768. The minimum atomic E-state index is 0.193. The maximum Gasteiger partial charge on any atom is 0.183 e. The van der Waals surface area contributed by atoms with Crippen molar-refractivity contribution in [3.05, 3.63) is 41.9 Å². The molecule has 8 heteroatoms. The van der Waals surface area contributed by atoms with Crippen molar-refractivity contribution in [2.24, 2.45) is 0 Å². The van der Waals surface area contributed by atoms with Crippen molar-refractivity contribution in [3.8, 4) is 17.6 Å². The van der Waals surface area contributed by atoms with Gasteiger partial charge in [-0.05, 0) is 30.3 Å². The van der Waals surface area contributed by atoms with Gasteiger partial charge in [0.05, 0.1) is 14.2 Å². The zero-order valence-electron chi connectivity index (χ0n) is 13.4. The lowest BCUT2D eigenvalue weighted by Gasteiger charge is -2.12. The zero-order valence-corrected chi connectivity index (χ0v) is 14.2. The van der Waals surface area contributed by atoms with Gasteiger partial charge in [-0.15, -0.1) is 0 Å². The smallest absolute Gasteiger partial charge is 0.183 e. The highest BCUT2D eigenvalue weighted by molar-refractivity contribution is 7.80. The minimum absolute atomic E-state index is 0.193.